The van der Waals surface area contributed by atoms with Crippen LogP contribution in [-0.2, 0) is 10.8 Å². The summed E-state index contributed by atoms with van der Waals surface area (Å²) in [6.45, 7) is 11.5. The van der Waals surface area contributed by atoms with E-state index >= 15 is 0 Å². The molecular weight excluding hydrogens is 288 g/mol. The third kappa shape index (κ3) is 2.09. The number of methoxy groups -OCH3 is 1. The standard InChI is InChI=1S/C16H23BrO/c1-10(17)11-7-12-14(13(8-11)18-6)16(4,5)9-15(12,2)3/h7-8,10H,9H2,1-6H3. The van der Waals surface area contributed by atoms with E-state index in [1.165, 1.54) is 23.1 Å². The molecule has 100 valence electrons. The van der Waals surface area contributed by atoms with E-state index in [0.29, 0.717) is 4.83 Å². The van der Waals surface area contributed by atoms with E-state index in [9.17, 15) is 0 Å². The molecule has 1 aliphatic rings. The average Bonchev–Trinajstić information content (AvgIpc) is 2.43. The first-order valence-corrected chi connectivity index (χ1v) is 7.47. The van der Waals surface area contributed by atoms with Crippen LogP contribution < -0.4 is 4.74 Å². The van der Waals surface area contributed by atoms with Gasteiger partial charge in [-0.1, -0.05) is 49.7 Å². The lowest BCUT2D eigenvalue weighted by atomic mass is 9.82. The van der Waals surface area contributed by atoms with E-state index in [1.54, 1.807) is 7.11 Å². The van der Waals surface area contributed by atoms with Crippen LogP contribution >= 0.6 is 15.9 Å². The fourth-order valence-electron chi connectivity index (χ4n) is 3.55. The molecule has 0 N–H and O–H groups in total. The number of ether oxygens (including phenoxy) is 1. The molecule has 0 radical (unpaired) electrons. The van der Waals surface area contributed by atoms with Gasteiger partial charge in [0.15, 0.2) is 0 Å². The van der Waals surface area contributed by atoms with Crippen molar-refractivity contribution in [2.45, 2.75) is 56.7 Å². The van der Waals surface area contributed by atoms with Crippen molar-refractivity contribution >= 4 is 15.9 Å². The molecule has 0 aliphatic heterocycles. The van der Waals surface area contributed by atoms with Gasteiger partial charge in [0.25, 0.3) is 0 Å². The van der Waals surface area contributed by atoms with Crippen molar-refractivity contribution in [3.05, 3.63) is 28.8 Å². The minimum absolute atomic E-state index is 0.193. The summed E-state index contributed by atoms with van der Waals surface area (Å²) >= 11 is 3.66. The second-order valence-corrected chi connectivity index (χ2v) is 8.08. The van der Waals surface area contributed by atoms with Gasteiger partial charge in [-0.2, -0.15) is 0 Å². The second kappa shape index (κ2) is 4.26. The fraction of sp³-hybridized carbons (Fsp3) is 0.625. The molecule has 0 aromatic heterocycles. The molecule has 1 unspecified atom stereocenters. The summed E-state index contributed by atoms with van der Waals surface area (Å²) in [5.74, 6) is 1.05. The van der Waals surface area contributed by atoms with Crippen molar-refractivity contribution in [3.8, 4) is 5.75 Å². The quantitative estimate of drug-likeness (QED) is 0.690. The number of fused-ring (bicyclic) bond motifs is 1. The van der Waals surface area contributed by atoms with Gasteiger partial charge in [0.05, 0.1) is 7.11 Å². The van der Waals surface area contributed by atoms with Crippen LogP contribution in [0.3, 0.4) is 0 Å². The van der Waals surface area contributed by atoms with E-state index in [4.69, 9.17) is 4.74 Å². The molecule has 0 saturated carbocycles. The van der Waals surface area contributed by atoms with Crippen molar-refractivity contribution in [2.24, 2.45) is 0 Å². The summed E-state index contributed by atoms with van der Waals surface area (Å²) in [7, 11) is 1.78. The lowest BCUT2D eigenvalue weighted by Gasteiger charge is -2.23. The Morgan fingerprint density at radius 3 is 2.28 bits per heavy atom. The highest BCUT2D eigenvalue weighted by molar-refractivity contribution is 9.09. The van der Waals surface area contributed by atoms with Crippen molar-refractivity contribution in [2.75, 3.05) is 7.11 Å². The predicted molar refractivity (Wildman–Crippen MR) is 81.0 cm³/mol. The van der Waals surface area contributed by atoms with E-state index in [2.05, 4.69) is 62.7 Å². The van der Waals surface area contributed by atoms with Crippen LogP contribution in [0.4, 0.5) is 0 Å². The zero-order valence-electron chi connectivity index (χ0n) is 12.2. The highest BCUT2D eigenvalue weighted by atomic mass is 79.9. The van der Waals surface area contributed by atoms with Crippen molar-refractivity contribution in [1.29, 1.82) is 0 Å². The lowest BCUT2D eigenvalue weighted by Crippen LogP contribution is -2.18. The molecule has 0 heterocycles. The van der Waals surface area contributed by atoms with Crippen molar-refractivity contribution in [1.82, 2.24) is 0 Å². The number of hydrogen-bond acceptors (Lipinski definition) is 1. The molecule has 18 heavy (non-hydrogen) atoms. The highest BCUT2D eigenvalue weighted by Gasteiger charge is 2.44. The van der Waals surface area contributed by atoms with E-state index in [0.717, 1.165) is 5.75 Å². The topological polar surface area (TPSA) is 9.23 Å². The Morgan fingerprint density at radius 2 is 1.78 bits per heavy atom. The van der Waals surface area contributed by atoms with Gasteiger partial charge >= 0.3 is 0 Å². The number of benzene rings is 1. The van der Waals surface area contributed by atoms with Crippen molar-refractivity contribution in [3.63, 3.8) is 0 Å². The van der Waals surface area contributed by atoms with Crippen molar-refractivity contribution < 1.29 is 4.74 Å². The third-order valence-corrected chi connectivity index (χ3v) is 4.62. The van der Waals surface area contributed by atoms with Gasteiger partial charge in [0.2, 0.25) is 0 Å². The summed E-state index contributed by atoms with van der Waals surface area (Å²) in [5.41, 5.74) is 4.57. The first-order chi connectivity index (χ1) is 8.19. The number of halogens is 1. The van der Waals surface area contributed by atoms with Crippen LogP contribution in [0.25, 0.3) is 0 Å². The molecule has 1 nitrogen and oxygen atoms in total. The monoisotopic (exact) mass is 310 g/mol. The SMILES string of the molecule is COc1cc(C(C)Br)cc2c1C(C)(C)CC2(C)C. The molecule has 1 aromatic rings. The van der Waals surface area contributed by atoms with E-state index < -0.39 is 0 Å². The van der Waals surface area contributed by atoms with Crippen LogP contribution in [0, 0.1) is 0 Å². The predicted octanol–water partition coefficient (Wildman–Crippen LogP) is 5.11. The summed E-state index contributed by atoms with van der Waals surface area (Å²) in [4.78, 5) is 0.358. The molecule has 2 heteroatoms. The van der Waals surface area contributed by atoms with Crippen LogP contribution in [0.15, 0.2) is 12.1 Å². The minimum atomic E-state index is 0.193. The maximum absolute atomic E-state index is 5.66. The third-order valence-electron chi connectivity index (χ3n) is 4.09. The summed E-state index contributed by atoms with van der Waals surface area (Å²) in [6.07, 6.45) is 1.17. The van der Waals surface area contributed by atoms with Gasteiger partial charge in [-0.05, 0) is 41.4 Å². The smallest absolute Gasteiger partial charge is 0.123 e. The minimum Gasteiger partial charge on any atom is -0.496 e. The number of alkyl halides is 1. The second-order valence-electron chi connectivity index (χ2n) is 6.71. The fourth-order valence-corrected chi connectivity index (χ4v) is 3.81. The van der Waals surface area contributed by atoms with Gasteiger partial charge < -0.3 is 4.74 Å². The van der Waals surface area contributed by atoms with Gasteiger partial charge in [0.1, 0.15) is 5.75 Å². The Kier molecular flexibility index (Phi) is 3.30. The molecule has 1 aromatic carbocycles. The van der Waals surface area contributed by atoms with Gasteiger partial charge in [-0.3, -0.25) is 0 Å². The summed E-state index contributed by atoms with van der Waals surface area (Å²) < 4.78 is 5.66. The largest absolute Gasteiger partial charge is 0.496 e. The maximum atomic E-state index is 5.66. The van der Waals surface area contributed by atoms with E-state index in [1.807, 2.05) is 0 Å². The molecule has 0 bridgehead atoms. The van der Waals surface area contributed by atoms with Gasteiger partial charge in [-0.15, -0.1) is 0 Å². The molecule has 0 saturated heterocycles. The molecule has 1 aliphatic carbocycles. The number of hydrogen-bond donors (Lipinski definition) is 0. The van der Waals surface area contributed by atoms with Crippen LogP contribution in [0.2, 0.25) is 0 Å². The maximum Gasteiger partial charge on any atom is 0.123 e. The molecule has 2 rings (SSSR count). The average molecular weight is 311 g/mol. The molecule has 0 amide bonds. The zero-order valence-corrected chi connectivity index (χ0v) is 13.8. The van der Waals surface area contributed by atoms with Crippen LogP contribution in [0.5, 0.6) is 5.75 Å². The normalized spacial score (nSPS) is 21.5. The summed E-state index contributed by atoms with van der Waals surface area (Å²) in [5, 5.41) is 0. The highest BCUT2D eigenvalue weighted by Crippen LogP contribution is 2.53. The van der Waals surface area contributed by atoms with Crippen LogP contribution in [-0.4, -0.2) is 7.11 Å². The zero-order chi connectivity index (χ0) is 13.7. The molecule has 0 spiro atoms. The lowest BCUT2D eigenvalue weighted by molar-refractivity contribution is 0.378. The Balaban J connectivity index is 2.72. The first kappa shape index (κ1) is 13.9. The Labute approximate surface area is 119 Å². The van der Waals surface area contributed by atoms with Gasteiger partial charge in [-0.25, -0.2) is 0 Å². The molecule has 1 atom stereocenters. The van der Waals surface area contributed by atoms with Gasteiger partial charge in [0, 0.05) is 10.4 Å². The Morgan fingerprint density at radius 1 is 1.17 bits per heavy atom. The Hall–Kier alpha value is -0.500. The summed E-state index contributed by atoms with van der Waals surface area (Å²) in [6, 6.07) is 4.54. The number of rotatable bonds is 2. The molecular formula is C16H23BrO. The van der Waals surface area contributed by atoms with E-state index in [-0.39, 0.29) is 10.8 Å². The Bertz CT molecular complexity index is 472. The molecule has 0 fully saturated rings. The first-order valence-electron chi connectivity index (χ1n) is 6.56. The van der Waals surface area contributed by atoms with Crippen LogP contribution in [0.1, 0.15) is 62.6 Å².